The second kappa shape index (κ2) is 6.34. The summed E-state index contributed by atoms with van der Waals surface area (Å²) < 4.78 is 13.3. The average molecular weight is 329 g/mol. The van der Waals surface area contributed by atoms with Crippen molar-refractivity contribution in [1.82, 2.24) is 4.98 Å². The molecule has 0 bridgehead atoms. The molecule has 3 rings (SSSR count). The Balaban J connectivity index is 2.06. The van der Waals surface area contributed by atoms with E-state index in [0.717, 1.165) is 5.69 Å². The molecule has 0 radical (unpaired) electrons. The number of hydrogen-bond donors (Lipinski definition) is 0. The molecule has 2 aromatic carbocycles. The second-order valence-electron chi connectivity index (χ2n) is 5.05. The highest BCUT2D eigenvalue weighted by atomic mass is 35.5. The molecule has 5 heteroatoms. The molecule has 0 aliphatic heterocycles. The van der Waals surface area contributed by atoms with Crippen molar-refractivity contribution in [3.05, 3.63) is 71.1 Å². The second-order valence-corrected chi connectivity index (χ2v) is 5.41. The Morgan fingerprint density at radius 3 is 2.61 bits per heavy atom. The van der Waals surface area contributed by atoms with Crippen LogP contribution in [-0.4, -0.2) is 17.4 Å². The first-order valence-electron chi connectivity index (χ1n) is 7.23. The molecule has 0 aliphatic rings. The number of benzene rings is 2. The van der Waals surface area contributed by atoms with E-state index in [1.54, 1.807) is 17.0 Å². The van der Waals surface area contributed by atoms with Gasteiger partial charge in [0.2, 0.25) is 0 Å². The normalized spacial score (nSPS) is 10.7. The molecule has 0 N–H and O–H groups in total. The van der Waals surface area contributed by atoms with Gasteiger partial charge in [0.05, 0.1) is 11.1 Å². The maximum Gasteiger partial charge on any atom is 0.261 e. The predicted molar refractivity (Wildman–Crippen MR) is 90.5 cm³/mol. The van der Waals surface area contributed by atoms with Gasteiger partial charge >= 0.3 is 0 Å². The third kappa shape index (κ3) is 3.03. The van der Waals surface area contributed by atoms with Crippen molar-refractivity contribution in [2.24, 2.45) is 0 Å². The lowest BCUT2D eigenvalue weighted by Crippen LogP contribution is -2.31. The zero-order chi connectivity index (χ0) is 16.4. The van der Waals surface area contributed by atoms with E-state index in [1.807, 2.05) is 37.3 Å². The number of nitrogens with zero attached hydrogens (tertiary/aromatic N) is 2. The average Bonchev–Trinajstić information content (AvgIpc) is 2.55. The van der Waals surface area contributed by atoms with Crippen LogP contribution in [0.3, 0.4) is 0 Å². The topological polar surface area (TPSA) is 33.2 Å². The lowest BCUT2D eigenvalue weighted by atomic mass is 10.1. The SMILES string of the molecule is CCN(C(=O)c1cc2ccc(F)cc2nc1Cl)c1ccccc1. The number of para-hydroxylation sites is 1. The first-order chi connectivity index (χ1) is 11.1. The molecule has 0 unspecified atom stereocenters. The van der Waals surface area contributed by atoms with Gasteiger partial charge in [-0.3, -0.25) is 4.79 Å². The van der Waals surface area contributed by atoms with Crippen LogP contribution in [0, 0.1) is 5.82 Å². The van der Waals surface area contributed by atoms with Crippen LogP contribution < -0.4 is 4.90 Å². The van der Waals surface area contributed by atoms with E-state index in [2.05, 4.69) is 4.98 Å². The van der Waals surface area contributed by atoms with Crippen LogP contribution in [0.25, 0.3) is 10.9 Å². The quantitative estimate of drug-likeness (QED) is 0.653. The van der Waals surface area contributed by atoms with Crippen molar-refractivity contribution >= 4 is 34.1 Å². The zero-order valence-electron chi connectivity index (χ0n) is 12.5. The van der Waals surface area contributed by atoms with Crippen LogP contribution in [0.5, 0.6) is 0 Å². The van der Waals surface area contributed by atoms with Crippen molar-refractivity contribution in [3.63, 3.8) is 0 Å². The van der Waals surface area contributed by atoms with Gasteiger partial charge in [-0.25, -0.2) is 9.37 Å². The summed E-state index contributed by atoms with van der Waals surface area (Å²) in [4.78, 5) is 18.6. The van der Waals surface area contributed by atoms with Gasteiger partial charge in [-0.15, -0.1) is 0 Å². The molecule has 3 aromatic rings. The predicted octanol–water partition coefficient (Wildman–Crippen LogP) is 4.69. The van der Waals surface area contributed by atoms with Gasteiger partial charge in [0.25, 0.3) is 5.91 Å². The Morgan fingerprint density at radius 1 is 1.17 bits per heavy atom. The number of anilines is 1. The number of pyridine rings is 1. The Morgan fingerprint density at radius 2 is 1.91 bits per heavy atom. The molecule has 0 atom stereocenters. The number of aromatic nitrogens is 1. The Hall–Kier alpha value is -2.46. The van der Waals surface area contributed by atoms with Crippen molar-refractivity contribution in [2.45, 2.75) is 6.92 Å². The lowest BCUT2D eigenvalue weighted by molar-refractivity contribution is 0.0988. The number of rotatable bonds is 3. The fourth-order valence-corrected chi connectivity index (χ4v) is 2.69. The Bertz CT molecular complexity index is 868. The summed E-state index contributed by atoms with van der Waals surface area (Å²) in [5.41, 5.74) is 1.51. The summed E-state index contributed by atoms with van der Waals surface area (Å²) in [6, 6.07) is 15.2. The van der Waals surface area contributed by atoms with Crippen molar-refractivity contribution < 1.29 is 9.18 Å². The molecule has 23 heavy (non-hydrogen) atoms. The summed E-state index contributed by atoms with van der Waals surface area (Å²) >= 11 is 6.16. The van der Waals surface area contributed by atoms with Crippen LogP contribution in [0.15, 0.2) is 54.6 Å². The van der Waals surface area contributed by atoms with Crippen molar-refractivity contribution in [1.29, 1.82) is 0 Å². The molecule has 0 saturated heterocycles. The first kappa shape index (κ1) is 15.4. The highest BCUT2D eigenvalue weighted by Crippen LogP contribution is 2.24. The van der Waals surface area contributed by atoms with Crippen molar-refractivity contribution in [2.75, 3.05) is 11.4 Å². The maximum atomic E-state index is 13.3. The van der Waals surface area contributed by atoms with E-state index in [0.29, 0.717) is 23.0 Å². The van der Waals surface area contributed by atoms with E-state index in [-0.39, 0.29) is 16.9 Å². The van der Waals surface area contributed by atoms with E-state index >= 15 is 0 Å². The fourth-order valence-electron chi connectivity index (χ4n) is 2.46. The smallest absolute Gasteiger partial charge is 0.261 e. The van der Waals surface area contributed by atoms with E-state index in [1.165, 1.54) is 12.1 Å². The maximum absolute atomic E-state index is 13.3. The minimum atomic E-state index is -0.389. The molecular weight excluding hydrogens is 315 g/mol. The Labute approximate surface area is 138 Å². The summed E-state index contributed by atoms with van der Waals surface area (Å²) in [6.45, 7) is 2.39. The first-order valence-corrected chi connectivity index (χ1v) is 7.60. The summed E-state index contributed by atoms with van der Waals surface area (Å²) in [6.07, 6.45) is 0. The van der Waals surface area contributed by atoms with Crippen molar-refractivity contribution in [3.8, 4) is 0 Å². The monoisotopic (exact) mass is 328 g/mol. The fraction of sp³-hybridized carbons (Fsp3) is 0.111. The molecule has 0 spiro atoms. The minimum Gasteiger partial charge on any atom is -0.309 e. The number of hydrogen-bond acceptors (Lipinski definition) is 2. The van der Waals surface area contributed by atoms with Gasteiger partial charge in [-0.2, -0.15) is 0 Å². The van der Waals surface area contributed by atoms with Crippen LogP contribution in [0.4, 0.5) is 10.1 Å². The molecule has 1 amide bonds. The Kier molecular flexibility index (Phi) is 4.26. The third-order valence-corrected chi connectivity index (χ3v) is 3.88. The van der Waals surface area contributed by atoms with Crippen LogP contribution in [0.1, 0.15) is 17.3 Å². The molecular formula is C18H14ClFN2O. The van der Waals surface area contributed by atoms with Gasteiger partial charge in [0.1, 0.15) is 11.0 Å². The molecule has 116 valence electrons. The van der Waals surface area contributed by atoms with Gasteiger partial charge in [-0.05, 0) is 37.3 Å². The standard InChI is InChI=1S/C18H14ClFN2O/c1-2-22(14-6-4-3-5-7-14)18(23)15-10-12-8-9-13(20)11-16(12)21-17(15)19/h3-11H,2H2,1H3. The van der Waals surface area contributed by atoms with Gasteiger partial charge in [-0.1, -0.05) is 29.8 Å². The number of amides is 1. The van der Waals surface area contributed by atoms with Crippen LogP contribution >= 0.6 is 11.6 Å². The van der Waals surface area contributed by atoms with Crippen LogP contribution in [0.2, 0.25) is 5.15 Å². The largest absolute Gasteiger partial charge is 0.309 e. The summed E-state index contributed by atoms with van der Waals surface area (Å²) in [7, 11) is 0. The number of carbonyl (C=O) groups excluding carboxylic acids is 1. The number of fused-ring (bicyclic) bond motifs is 1. The van der Waals surface area contributed by atoms with Gasteiger partial charge < -0.3 is 4.90 Å². The number of halogens is 2. The van der Waals surface area contributed by atoms with Crippen LogP contribution in [-0.2, 0) is 0 Å². The minimum absolute atomic E-state index is 0.0717. The lowest BCUT2D eigenvalue weighted by Gasteiger charge is -2.21. The molecule has 1 heterocycles. The molecule has 0 aliphatic carbocycles. The van der Waals surface area contributed by atoms with Gasteiger partial charge in [0.15, 0.2) is 0 Å². The summed E-state index contributed by atoms with van der Waals surface area (Å²) in [5.74, 6) is -0.623. The highest BCUT2D eigenvalue weighted by molar-refractivity contribution is 6.34. The van der Waals surface area contributed by atoms with E-state index < -0.39 is 0 Å². The summed E-state index contributed by atoms with van der Waals surface area (Å²) in [5, 5.41) is 0.741. The zero-order valence-corrected chi connectivity index (χ0v) is 13.2. The highest BCUT2D eigenvalue weighted by Gasteiger charge is 2.20. The molecule has 0 saturated carbocycles. The van der Waals surface area contributed by atoms with Gasteiger partial charge in [0, 0.05) is 23.7 Å². The molecule has 0 fully saturated rings. The van der Waals surface area contributed by atoms with E-state index in [9.17, 15) is 9.18 Å². The molecule has 1 aromatic heterocycles. The third-order valence-electron chi connectivity index (χ3n) is 3.59. The molecule has 3 nitrogen and oxygen atoms in total. The van der Waals surface area contributed by atoms with E-state index in [4.69, 9.17) is 11.6 Å². The number of carbonyl (C=O) groups is 1.